The van der Waals surface area contributed by atoms with Gasteiger partial charge in [0.2, 0.25) is 5.91 Å². The number of carbonyl (C=O) groups excluding carboxylic acids is 1. The van der Waals surface area contributed by atoms with E-state index in [-0.39, 0.29) is 15.9 Å². The minimum atomic E-state index is -3.75. The van der Waals surface area contributed by atoms with Crippen molar-refractivity contribution in [1.29, 1.82) is 0 Å². The fraction of sp³-hybridized carbons (Fsp3) is 0.0833. The Bertz CT molecular complexity index is 1230. The maximum atomic E-state index is 12.8. The van der Waals surface area contributed by atoms with Gasteiger partial charge in [-0.25, -0.2) is 8.42 Å². The Morgan fingerprint density at radius 3 is 2.12 bits per heavy atom. The molecule has 3 N–H and O–H groups in total. The van der Waals surface area contributed by atoms with Gasteiger partial charge in [0.1, 0.15) is 0 Å². The number of aryl methyl sites for hydroxylation is 2. The van der Waals surface area contributed by atoms with Crippen LogP contribution < -0.4 is 15.4 Å². The molecule has 0 saturated heterocycles. The minimum Gasteiger partial charge on any atom is -0.332 e. The van der Waals surface area contributed by atoms with Crippen molar-refractivity contribution in [2.45, 2.75) is 18.7 Å². The molecule has 8 heteroatoms. The van der Waals surface area contributed by atoms with E-state index in [1.54, 1.807) is 18.2 Å². The summed E-state index contributed by atoms with van der Waals surface area (Å²) in [5, 5.41) is 5.53. The molecule has 3 rings (SSSR count). The number of hydrogen-bond acceptors (Lipinski definition) is 4. The van der Waals surface area contributed by atoms with Gasteiger partial charge in [0.05, 0.1) is 10.6 Å². The van der Waals surface area contributed by atoms with Crippen molar-refractivity contribution in [2.24, 2.45) is 0 Å². The molecule has 164 valence electrons. The molecule has 0 spiro atoms. The van der Waals surface area contributed by atoms with E-state index in [2.05, 4.69) is 15.4 Å². The second kappa shape index (κ2) is 10.2. The van der Waals surface area contributed by atoms with Crippen LogP contribution in [-0.4, -0.2) is 19.4 Å². The van der Waals surface area contributed by atoms with Crippen LogP contribution in [0.25, 0.3) is 6.08 Å². The average molecular weight is 466 g/mol. The monoisotopic (exact) mass is 465 g/mol. The molecule has 0 unspecified atom stereocenters. The standard InChI is InChI=1S/C24H23N3O3S2/c1-17-7-6-8-18(2)23(17)27-32(29,30)21-14-12-20(13-15-21)25-24(31)26-22(28)16-11-19-9-4-3-5-10-19/h3-16,27H,1-2H3,(H2,25,26,28,31)/b16-11+. The summed E-state index contributed by atoms with van der Waals surface area (Å²) in [6, 6.07) is 21.1. The van der Waals surface area contributed by atoms with Crippen molar-refractivity contribution >= 4 is 50.7 Å². The smallest absolute Gasteiger partial charge is 0.261 e. The van der Waals surface area contributed by atoms with Crippen LogP contribution in [0.15, 0.2) is 83.8 Å². The molecule has 0 saturated carbocycles. The molecule has 6 nitrogen and oxygen atoms in total. The van der Waals surface area contributed by atoms with Crippen LogP contribution in [0.3, 0.4) is 0 Å². The zero-order chi connectivity index (χ0) is 23.1. The van der Waals surface area contributed by atoms with Crippen molar-refractivity contribution in [3.63, 3.8) is 0 Å². The zero-order valence-corrected chi connectivity index (χ0v) is 19.3. The fourth-order valence-corrected chi connectivity index (χ4v) is 4.36. The van der Waals surface area contributed by atoms with Crippen LogP contribution in [0.1, 0.15) is 16.7 Å². The molecule has 0 fully saturated rings. The van der Waals surface area contributed by atoms with Crippen molar-refractivity contribution in [1.82, 2.24) is 5.32 Å². The van der Waals surface area contributed by atoms with E-state index in [1.165, 1.54) is 18.2 Å². The van der Waals surface area contributed by atoms with Crippen molar-refractivity contribution in [3.05, 3.63) is 95.6 Å². The van der Waals surface area contributed by atoms with Gasteiger partial charge in [0.25, 0.3) is 10.0 Å². The quantitative estimate of drug-likeness (QED) is 0.365. The molecule has 0 aliphatic carbocycles. The summed E-state index contributed by atoms with van der Waals surface area (Å²) in [5.74, 6) is -0.372. The first-order valence-electron chi connectivity index (χ1n) is 9.79. The van der Waals surface area contributed by atoms with E-state index in [1.807, 2.05) is 62.4 Å². The Kier molecular flexibility index (Phi) is 7.40. The van der Waals surface area contributed by atoms with Crippen LogP contribution in [-0.2, 0) is 14.8 Å². The largest absolute Gasteiger partial charge is 0.332 e. The lowest BCUT2D eigenvalue weighted by Crippen LogP contribution is -2.32. The predicted octanol–water partition coefficient (Wildman–Crippen LogP) is 4.63. The van der Waals surface area contributed by atoms with Crippen LogP contribution >= 0.6 is 12.2 Å². The van der Waals surface area contributed by atoms with Crippen LogP contribution in [0.4, 0.5) is 11.4 Å². The number of sulfonamides is 1. The third-order valence-corrected chi connectivity index (χ3v) is 6.17. The number of hydrogen-bond donors (Lipinski definition) is 3. The van der Waals surface area contributed by atoms with Crippen LogP contribution in [0.2, 0.25) is 0 Å². The van der Waals surface area contributed by atoms with E-state index in [0.29, 0.717) is 11.4 Å². The third-order valence-electron chi connectivity index (χ3n) is 4.60. The first-order valence-corrected chi connectivity index (χ1v) is 11.7. The van der Waals surface area contributed by atoms with E-state index >= 15 is 0 Å². The lowest BCUT2D eigenvalue weighted by molar-refractivity contribution is -0.115. The van der Waals surface area contributed by atoms with Gasteiger partial charge in [-0.3, -0.25) is 14.8 Å². The number of para-hydroxylation sites is 1. The molecule has 1 amide bonds. The van der Waals surface area contributed by atoms with Gasteiger partial charge in [-0.2, -0.15) is 0 Å². The second-order valence-electron chi connectivity index (χ2n) is 7.08. The van der Waals surface area contributed by atoms with E-state index in [0.717, 1.165) is 16.7 Å². The Labute approximate surface area is 193 Å². The first kappa shape index (κ1) is 23.2. The van der Waals surface area contributed by atoms with Crippen molar-refractivity contribution in [2.75, 3.05) is 10.0 Å². The fourth-order valence-electron chi connectivity index (χ4n) is 2.94. The first-order chi connectivity index (χ1) is 15.2. The number of rotatable bonds is 6. The molecule has 0 aliphatic rings. The summed E-state index contributed by atoms with van der Waals surface area (Å²) in [4.78, 5) is 12.1. The summed E-state index contributed by atoms with van der Waals surface area (Å²) in [7, 11) is -3.75. The summed E-state index contributed by atoms with van der Waals surface area (Å²) in [6.07, 6.45) is 3.07. The highest BCUT2D eigenvalue weighted by molar-refractivity contribution is 7.92. The molecular formula is C24H23N3O3S2. The molecule has 0 atom stereocenters. The molecule has 0 aliphatic heterocycles. The van der Waals surface area contributed by atoms with Crippen LogP contribution in [0, 0.1) is 13.8 Å². The summed E-state index contributed by atoms with van der Waals surface area (Å²) < 4.78 is 28.2. The normalized spacial score (nSPS) is 11.2. The molecule has 3 aromatic rings. The highest BCUT2D eigenvalue weighted by Gasteiger charge is 2.16. The molecule has 0 heterocycles. The number of nitrogens with one attached hydrogen (secondary N) is 3. The molecule has 3 aromatic carbocycles. The van der Waals surface area contributed by atoms with Gasteiger partial charge in [0, 0.05) is 11.8 Å². The summed E-state index contributed by atoms with van der Waals surface area (Å²) in [5.41, 5.74) is 3.70. The lowest BCUT2D eigenvalue weighted by atomic mass is 10.1. The molecule has 0 bridgehead atoms. The summed E-state index contributed by atoms with van der Waals surface area (Å²) in [6.45, 7) is 3.70. The van der Waals surface area contributed by atoms with Crippen molar-refractivity contribution < 1.29 is 13.2 Å². The van der Waals surface area contributed by atoms with Gasteiger partial charge in [-0.15, -0.1) is 0 Å². The molecule has 0 aromatic heterocycles. The van der Waals surface area contributed by atoms with Gasteiger partial charge >= 0.3 is 0 Å². The van der Waals surface area contributed by atoms with Gasteiger partial charge in [-0.05, 0) is 73.1 Å². The number of anilines is 2. The Morgan fingerprint density at radius 1 is 0.875 bits per heavy atom. The maximum Gasteiger partial charge on any atom is 0.261 e. The second-order valence-corrected chi connectivity index (χ2v) is 9.17. The predicted molar refractivity (Wildman–Crippen MR) is 133 cm³/mol. The number of amides is 1. The number of thiocarbonyl (C=S) groups is 1. The average Bonchev–Trinajstić information content (AvgIpc) is 2.76. The highest BCUT2D eigenvalue weighted by atomic mass is 32.2. The van der Waals surface area contributed by atoms with E-state index < -0.39 is 10.0 Å². The van der Waals surface area contributed by atoms with E-state index in [4.69, 9.17) is 12.2 Å². The number of benzene rings is 3. The highest BCUT2D eigenvalue weighted by Crippen LogP contribution is 2.24. The van der Waals surface area contributed by atoms with Gasteiger partial charge < -0.3 is 5.32 Å². The van der Waals surface area contributed by atoms with Gasteiger partial charge in [0.15, 0.2) is 5.11 Å². The topological polar surface area (TPSA) is 87.3 Å². The zero-order valence-electron chi connectivity index (χ0n) is 17.6. The molecular weight excluding hydrogens is 442 g/mol. The summed E-state index contributed by atoms with van der Waals surface area (Å²) >= 11 is 5.16. The molecule has 0 radical (unpaired) electrons. The Balaban J connectivity index is 1.61. The SMILES string of the molecule is Cc1cccc(C)c1NS(=O)(=O)c1ccc(NC(=S)NC(=O)/C=C/c2ccccc2)cc1. The van der Waals surface area contributed by atoms with Crippen LogP contribution in [0.5, 0.6) is 0 Å². The van der Waals surface area contributed by atoms with E-state index in [9.17, 15) is 13.2 Å². The third kappa shape index (κ3) is 6.26. The van der Waals surface area contributed by atoms with Gasteiger partial charge in [-0.1, -0.05) is 48.5 Å². The lowest BCUT2D eigenvalue weighted by Gasteiger charge is -2.14. The number of carbonyl (C=O) groups is 1. The maximum absolute atomic E-state index is 12.8. The Hall–Kier alpha value is -3.49. The molecule has 32 heavy (non-hydrogen) atoms. The Morgan fingerprint density at radius 2 is 1.50 bits per heavy atom. The minimum absolute atomic E-state index is 0.108. The van der Waals surface area contributed by atoms with Crippen molar-refractivity contribution in [3.8, 4) is 0 Å².